The van der Waals surface area contributed by atoms with Gasteiger partial charge in [0.1, 0.15) is 11.5 Å². The van der Waals surface area contributed by atoms with Crippen LogP contribution in [0.25, 0.3) is 0 Å². The Morgan fingerprint density at radius 2 is 1.36 bits per heavy atom. The number of benzene rings is 2. The van der Waals surface area contributed by atoms with Crippen molar-refractivity contribution in [2.24, 2.45) is 0 Å². The van der Waals surface area contributed by atoms with Gasteiger partial charge in [-0.3, -0.25) is 4.55 Å². The monoisotopic (exact) mass is 484 g/mol. The molecule has 2 aromatic rings. The van der Waals surface area contributed by atoms with Crippen molar-refractivity contribution < 1.29 is 52.4 Å². The topological polar surface area (TPSA) is 86.7 Å². The Morgan fingerprint density at radius 1 is 0.788 bits per heavy atom. The molecule has 0 aliphatic rings. The summed E-state index contributed by atoms with van der Waals surface area (Å²) in [6, 6.07) is 10.5. The molecule has 7 heteroatoms. The van der Waals surface area contributed by atoms with Gasteiger partial charge in [0.05, 0.1) is 4.90 Å². The van der Waals surface area contributed by atoms with Gasteiger partial charge in [0.15, 0.2) is 0 Å². The molecule has 0 atom stereocenters. The predicted molar refractivity (Wildman–Crippen MR) is 127 cm³/mol. The minimum absolute atomic E-state index is 0. The van der Waals surface area contributed by atoms with E-state index in [0.717, 1.165) is 18.4 Å². The van der Waals surface area contributed by atoms with Crippen molar-refractivity contribution in [1.29, 1.82) is 0 Å². The maximum atomic E-state index is 11.7. The van der Waals surface area contributed by atoms with Gasteiger partial charge in [0.2, 0.25) is 0 Å². The molecular formula is C26H37NaO5S. The van der Waals surface area contributed by atoms with Crippen molar-refractivity contribution in [3.8, 4) is 17.2 Å². The standard InChI is InChI=1S/C26H38O5S.Na/c1-2-3-4-5-6-7-8-9-10-11-12-13-15-22-18-25(21-26(19-22)32(28,29)30)31-24-17-14-16-23(27)20-24;/h14,16-21,27H,2-13,15H2,1H3,(H,28,29,30);/q;+1/p-1. The summed E-state index contributed by atoms with van der Waals surface area (Å²) in [5.41, 5.74) is 0.792. The zero-order chi connectivity index (χ0) is 23.2. The van der Waals surface area contributed by atoms with Crippen molar-refractivity contribution in [1.82, 2.24) is 0 Å². The van der Waals surface area contributed by atoms with E-state index in [1.54, 1.807) is 18.2 Å². The van der Waals surface area contributed by atoms with E-state index in [2.05, 4.69) is 6.92 Å². The van der Waals surface area contributed by atoms with Crippen molar-refractivity contribution in [2.45, 2.75) is 95.3 Å². The second-order valence-corrected chi connectivity index (χ2v) is 9.93. The molecule has 0 radical (unpaired) electrons. The SMILES string of the molecule is CCCCCCCCCCCCCCc1cc(Oc2cccc([O-])c2)cc(S(=O)(=O)O)c1.[Na+]. The van der Waals surface area contributed by atoms with Crippen LogP contribution >= 0.6 is 0 Å². The maximum Gasteiger partial charge on any atom is 1.00 e. The van der Waals surface area contributed by atoms with Gasteiger partial charge in [-0.05, 0) is 42.7 Å². The number of aryl methyl sites for hydroxylation is 1. The van der Waals surface area contributed by atoms with E-state index < -0.39 is 10.1 Å². The van der Waals surface area contributed by atoms with E-state index in [4.69, 9.17) is 4.74 Å². The summed E-state index contributed by atoms with van der Waals surface area (Å²) in [6.07, 6.45) is 15.8. The predicted octanol–water partition coefficient (Wildman–Crippen LogP) is 4.05. The Kier molecular flexibility index (Phi) is 15.0. The van der Waals surface area contributed by atoms with E-state index in [0.29, 0.717) is 17.9 Å². The molecule has 0 aromatic heterocycles. The largest absolute Gasteiger partial charge is 1.00 e. The fourth-order valence-electron chi connectivity index (χ4n) is 3.83. The Labute approximate surface area is 222 Å². The third-order valence-corrected chi connectivity index (χ3v) is 6.43. The number of ether oxygens (including phenoxy) is 1. The van der Waals surface area contributed by atoms with Crippen molar-refractivity contribution in [2.75, 3.05) is 0 Å². The normalized spacial score (nSPS) is 11.2. The second kappa shape index (κ2) is 16.6. The number of rotatable bonds is 16. The van der Waals surface area contributed by atoms with Crippen molar-refractivity contribution in [3.05, 3.63) is 48.0 Å². The van der Waals surface area contributed by atoms with E-state index in [1.807, 2.05) is 0 Å². The summed E-state index contributed by atoms with van der Waals surface area (Å²) in [5, 5.41) is 11.5. The molecule has 0 bridgehead atoms. The summed E-state index contributed by atoms with van der Waals surface area (Å²) in [6.45, 7) is 2.24. The Bertz CT molecular complexity index is 915. The molecule has 0 unspecified atom stereocenters. The number of unbranched alkanes of at least 4 members (excludes halogenated alkanes) is 11. The van der Waals surface area contributed by atoms with E-state index >= 15 is 0 Å². The molecule has 0 fully saturated rings. The quantitative estimate of drug-likeness (QED) is 0.221. The molecule has 0 saturated heterocycles. The van der Waals surface area contributed by atoms with Crippen LogP contribution in [-0.2, 0) is 16.5 Å². The van der Waals surface area contributed by atoms with E-state index in [-0.39, 0.29) is 40.2 Å². The van der Waals surface area contributed by atoms with Gasteiger partial charge in [0.25, 0.3) is 10.1 Å². The van der Waals surface area contributed by atoms with Gasteiger partial charge in [-0.15, -0.1) is 5.75 Å². The van der Waals surface area contributed by atoms with Gasteiger partial charge in [-0.2, -0.15) is 8.42 Å². The molecule has 0 saturated carbocycles. The summed E-state index contributed by atoms with van der Waals surface area (Å²) >= 11 is 0. The smallest absolute Gasteiger partial charge is 0.872 e. The van der Waals surface area contributed by atoms with Crippen LogP contribution in [-0.4, -0.2) is 13.0 Å². The third-order valence-electron chi connectivity index (χ3n) is 5.60. The van der Waals surface area contributed by atoms with Crippen LogP contribution in [0.1, 0.15) is 89.5 Å². The van der Waals surface area contributed by atoms with E-state index in [1.165, 1.54) is 88.5 Å². The van der Waals surface area contributed by atoms with Gasteiger partial charge in [-0.25, -0.2) is 0 Å². The summed E-state index contributed by atoms with van der Waals surface area (Å²) in [4.78, 5) is -0.192. The zero-order valence-electron chi connectivity index (χ0n) is 20.2. The van der Waals surface area contributed by atoms with Gasteiger partial charge < -0.3 is 9.84 Å². The summed E-state index contributed by atoms with van der Waals surface area (Å²) in [5.74, 6) is 0.436. The molecule has 5 nitrogen and oxygen atoms in total. The fourth-order valence-corrected chi connectivity index (χ4v) is 4.39. The molecule has 2 rings (SSSR count). The summed E-state index contributed by atoms with van der Waals surface area (Å²) in [7, 11) is -4.35. The fraction of sp³-hybridized carbons (Fsp3) is 0.538. The molecule has 0 heterocycles. The van der Waals surface area contributed by atoms with Crippen LogP contribution in [0, 0.1) is 0 Å². The van der Waals surface area contributed by atoms with Crippen LogP contribution in [0.3, 0.4) is 0 Å². The average molecular weight is 485 g/mol. The summed E-state index contributed by atoms with van der Waals surface area (Å²) < 4.78 is 38.5. The van der Waals surface area contributed by atoms with Crippen LogP contribution in [0.4, 0.5) is 0 Å². The first-order valence-electron chi connectivity index (χ1n) is 11.9. The van der Waals surface area contributed by atoms with Gasteiger partial charge >= 0.3 is 29.6 Å². The van der Waals surface area contributed by atoms with Crippen LogP contribution in [0.5, 0.6) is 17.2 Å². The zero-order valence-corrected chi connectivity index (χ0v) is 23.0. The second-order valence-electron chi connectivity index (χ2n) is 8.50. The number of hydrogen-bond acceptors (Lipinski definition) is 4. The van der Waals surface area contributed by atoms with Crippen molar-refractivity contribution in [3.63, 3.8) is 0 Å². The molecule has 0 aliphatic carbocycles. The first-order valence-corrected chi connectivity index (χ1v) is 13.4. The first kappa shape index (κ1) is 30.0. The molecule has 178 valence electrons. The average Bonchev–Trinajstić information content (AvgIpc) is 2.74. The molecule has 0 aliphatic heterocycles. The van der Waals surface area contributed by atoms with Gasteiger partial charge in [-0.1, -0.05) is 89.7 Å². The minimum Gasteiger partial charge on any atom is -0.872 e. The van der Waals surface area contributed by atoms with E-state index in [9.17, 15) is 18.1 Å². The molecule has 33 heavy (non-hydrogen) atoms. The molecule has 2 aromatic carbocycles. The number of hydrogen-bond donors (Lipinski definition) is 1. The maximum absolute atomic E-state index is 11.7. The Balaban J connectivity index is 0.00000544. The Hall–Kier alpha value is -1.05. The van der Waals surface area contributed by atoms with Crippen LogP contribution in [0.2, 0.25) is 0 Å². The van der Waals surface area contributed by atoms with Crippen LogP contribution in [0.15, 0.2) is 47.4 Å². The molecule has 1 N–H and O–H groups in total. The Morgan fingerprint density at radius 3 is 1.91 bits per heavy atom. The molecule has 0 amide bonds. The molecule has 0 spiro atoms. The van der Waals surface area contributed by atoms with Crippen LogP contribution < -0.4 is 39.4 Å². The first-order chi connectivity index (χ1) is 15.4. The van der Waals surface area contributed by atoms with Crippen molar-refractivity contribution >= 4 is 10.1 Å². The minimum atomic E-state index is -4.35. The molecular weight excluding hydrogens is 447 g/mol. The third kappa shape index (κ3) is 12.8. The van der Waals surface area contributed by atoms with Gasteiger partial charge in [0, 0.05) is 6.07 Å².